The van der Waals surface area contributed by atoms with E-state index in [4.69, 9.17) is 16.3 Å². The second-order valence-corrected chi connectivity index (χ2v) is 12.1. The minimum Gasteiger partial charge on any atom is -0.379 e. The molecule has 234 valence electrons. The molecule has 10 heteroatoms. The summed E-state index contributed by atoms with van der Waals surface area (Å²) in [6.07, 6.45) is 2.68. The molecule has 0 spiro atoms. The van der Waals surface area contributed by atoms with Crippen molar-refractivity contribution in [3.8, 4) is 11.1 Å². The summed E-state index contributed by atoms with van der Waals surface area (Å²) in [7, 11) is 3.65. The largest absolute Gasteiger partial charge is 0.379 e. The lowest BCUT2D eigenvalue weighted by molar-refractivity contribution is 0.0374. The van der Waals surface area contributed by atoms with Crippen molar-refractivity contribution < 1.29 is 14.6 Å². The summed E-state index contributed by atoms with van der Waals surface area (Å²) in [6, 6.07) is 21.8. The fourth-order valence-corrected chi connectivity index (χ4v) is 6.38. The maximum absolute atomic E-state index is 13.0. The molecule has 1 saturated heterocycles. The van der Waals surface area contributed by atoms with E-state index in [0.29, 0.717) is 40.6 Å². The van der Waals surface area contributed by atoms with Crippen LogP contribution in [0, 0.1) is 0 Å². The molecule has 1 atom stereocenters. The number of pyridine rings is 1. The molecule has 0 radical (unpaired) electrons. The van der Waals surface area contributed by atoms with Crippen molar-refractivity contribution >= 4 is 28.4 Å². The monoisotopic (exact) mass is 627 g/mol. The van der Waals surface area contributed by atoms with Crippen LogP contribution < -0.4 is 16.2 Å². The van der Waals surface area contributed by atoms with Gasteiger partial charge in [0.15, 0.2) is 5.60 Å². The zero-order chi connectivity index (χ0) is 31.6. The van der Waals surface area contributed by atoms with E-state index in [1.165, 1.54) is 0 Å². The Bertz CT molecular complexity index is 1800. The average molecular weight is 628 g/mol. The predicted molar refractivity (Wildman–Crippen MR) is 177 cm³/mol. The number of aromatic nitrogens is 1. The predicted octanol–water partition coefficient (Wildman–Crippen LogP) is 3.88. The summed E-state index contributed by atoms with van der Waals surface area (Å²) in [5.41, 5.74) is 3.00. The van der Waals surface area contributed by atoms with Crippen LogP contribution in [0.25, 0.3) is 22.0 Å². The quantitative estimate of drug-likeness (QED) is 0.242. The SMILES string of the molecule is CN1CNC=C1C(O)(c1ccc(C(=O)NCCCN2CCOCC2)cc1)c1ccc2c(c1)c(-c1cccc(Cl)c1)cc(=O)n2C. The maximum atomic E-state index is 13.0. The van der Waals surface area contributed by atoms with Gasteiger partial charge in [-0.15, -0.1) is 0 Å². The first-order chi connectivity index (χ1) is 21.8. The fraction of sp³-hybridized carbons (Fsp3) is 0.314. The van der Waals surface area contributed by atoms with Crippen molar-refractivity contribution in [2.24, 2.45) is 7.05 Å². The number of rotatable bonds is 9. The van der Waals surface area contributed by atoms with Crippen LogP contribution in [0.5, 0.6) is 0 Å². The summed E-state index contributed by atoms with van der Waals surface area (Å²) >= 11 is 6.33. The Labute approximate surface area is 267 Å². The molecule has 1 unspecified atom stereocenters. The number of fused-ring (bicyclic) bond motifs is 1. The number of ether oxygens (including phenoxy) is 1. The van der Waals surface area contributed by atoms with E-state index in [-0.39, 0.29) is 11.5 Å². The third kappa shape index (κ3) is 6.21. The van der Waals surface area contributed by atoms with Crippen molar-refractivity contribution in [3.05, 3.63) is 117 Å². The number of nitrogens with zero attached hydrogens (tertiary/aromatic N) is 3. The minimum atomic E-state index is -1.56. The van der Waals surface area contributed by atoms with Crippen molar-refractivity contribution in [1.82, 2.24) is 25.0 Å². The van der Waals surface area contributed by atoms with E-state index in [1.54, 1.807) is 48.0 Å². The molecule has 2 aliphatic heterocycles. The van der Waals surface area contributed by atoms with Gasteiger partial charge in [0.2, 0.25) is 0 Å². The molecule has 1 fully saturated rings. The summed E-state index contributed by atoms with van der Waals surface area (Å²) in [6.45, 7) is 5.42. The number of likely N-dealkylation sites (N-methyl/N-ethyl adjacent to an activating group) is 1. The molecule has 0 aliphatic carbocycles. The lowest BCUT2D eigenvalue weighted by Crippen LogP contribution is -2.38. The zero-order valence-electron chi connectivity index (χ0n) is 25.6. The van der Waals surface area contributed by atoms with Crippen LogP contribution in [0.15, 0.2) is 89.5 Å². The number of hydrogen-bond acceptors (Lipinski definition) is 7. The highest BCUT2D eigenvalue weighted by Gasteiger charge is 2.40. The maximum Gasteiger partial charge on any atom is 0.251 e. The van der Waals surface area contributed by atoms with Gasteiger partial charge in [-0.25, -0.2) is 0 Å². The van der Waals surface area contributed by atoms with Crippen LogP contribution in [0.4, 0.5) is 0 Å². The van der Waals surface area contributed by atoms with Gasteiger partial charge in [-0.1, -0.05) is 41.9 Å². The Kier molecular flexibility index (Phi) is 8.96. The number of hydrogen-bond donors (Lipinski definition) is 3. The van der Waals surface area contributed by atoms with E-state index in [1.807, 2.05) is 54.5 Å². The first kappa shape index (κ1) is 30.9. The van der Waals surface area contributed by atoms with Gasteiger partial charge in [0.05, 0.1) is 31.1 Å². The van der Waals surface area contributed by atoms with Gasteiger partial charge in [-0.3, -0.25) is 14.5 Å². The van der Waals surface area contributed by atoms with E-state index >= 15 is 0 Å². The molecule has 3 aromatic carbocycles. The first-order valence-corrected chi connectivity index (χ1v) is 15.6. The van der Waals surface area contributed by atoms with Crippen LogP contribution in [-0.2, 0) is 17.4 Å². The number of carbonyl (C=O) groups excluding carboxylic acids is 1. The third-order valence-corrected chi connectivity index (χ3v) is 8.99. The minimum absolute atomic E-state index is 0.141. The number of amides is 1. The second kappa shape index (κ2) is 13.1. The Morgan fingerprint density at radius 2 is 1.78 bits per heavy atom. The van der Waals surface area contributed by atoms with Gasteiger partial charge in [0, 0.05) is 62.0 Å². The van der Waals surface area contributed by atoms with Gasteiger partial charge >= 0.3 is 0 Å². The number of benzene rings is 3. The molecular weight excluding hydrogens is 590 g/mol. The van der Waals surface area contributed by atoms with Gasteiger partial charge in [-0.2, -0.15) is 0 Å². The fourth-order valence-electron chi connectivity index (χ4n) is 6.19. The van der Waals surface area contributed by atoms with E-state index in [2.05, 4.69) is 15.5 Å². The third-order valence-electron chi connectivity index (χ3n) is 8.75. The van der Waals surface area contributed by atoms with Crippen molar-refractivity contribution in [2.45, 2.75) is 12.0 Å². The summed E-state index contributed by atoms with van der Waals surface area (Å²) in [5, 5.41) is 20.3. The highest BCUT2D eigenvalue weighted by atomic mass is 35.5. The van der Waals surface area contributed by atoms with Crippen molar-refractivity contribution in [2.75, 3.05) is 53.1 Å². The van der Waals surface area contributed by atoms with Gasteiger partial charge in [0.25, 0.3) is 11.5 Å². The van der Waals surface area contributed by atoms with Crippen LogP contribution >= 0.6 is 11.6 Å². The summed E-state index contributed by atoms with van der Waals surface area (Å²) in [5.74, 6) is -0.149. The van der Waals surface area contributed by atoms with E-state index < -0.39 is 5.60 Å². The molecule has 1 amide bonds. The topological polar surface area (TPSA) is 99.1 Å². The molecule has 9 nitrogen and oxygen atoms in total. The van der Waals surface area contributed by atoms with Gasteiger partial charge < -0.3 is 29.9 Å². The second-order valence-electron chi connectivity index (χ2n) is 11.6. The molecular formula is C35H38ClN5O4. The number of aliphatic hydroxyl groups is 1. The van der Waals surface area contributed by atoms with E-state index in [9.17, 15) is 14.7 Å². The van der Waals surface area contributed by atoms with Crippen LogP contribution in [-0.4, -0.2) is 78.5 Å². The number of halogens is 1. The van der Waals surface area contributed by atoms with Crippen LogP contribution in [0.3, 0.4) is 0 Å². The van der Waals surface area contributed by atoms with E-state index in [0.717, 1.165) is 61.3 Å². The van der Waals surface area contributed by atoms with Crippen molar-refractivity contribution in [1.29, 1.82) is 0 Å². The zero-order valence-corrected chi connectivity index (χ0v) is 26.3. The summed E-state index contributed by atoms with van der Waals surface area (Å²) in [4.78, 5) is 30.2. The number of morpholine rings is 1. The van der Waals surface area contributed by atoms with Gasteiger partial charge in [-0.05, 0) is 71.6 Å². The highest BCUT2D eigenvalue weighted by molar-refractivity contribution is 6.30. The lowest BCUT2D eigenvalue weighted by atomic mass is 9.82. The number of aryl methyl sites for hydroxylation is 1. The normalized spacial score (nSPS) is 16.7. The number of carbonyl (C=O) groups is 1. The molecule has 0 bridgehead atoms. The Morgan fingerprint density at radius 1 is 1.02 bits per heavy atom. The smallest absolute Gasteiger partial charge is 0.251 e. The molecule has 6 rings (SSSR count). The summed E-state index contributed by atoms with van der Waals surface area (Å²) < 4.78 is 7.00. The molecule has 4 aromatic rings. The Morgan fingerprint density at radius 3 is 2.49 bits per heavy atom. The first-order valence-electron chi connectivity index (χ1n) is 15.2. The Hall–Kier alpha value is -4.15. The lowest BCUT2D eigenvalue weighted by Gasteiger charge is -2.34. The Balaban J connectivity index is 1.33. The molecule has 3 heterocycles. The standard InChI is InChI=1S/C35H38ClN5O4/c1-39-23-37-22-32(39)35(44,26-9-7-24(8-10-26)34(43)38-13-4-14-41-15-17-45-18-16-41)27-11-12-31-30(20-27)29(21-33(42)40(31)2)25-5-3-6-28(36)19-25/h3,5-12,19-22,37,44H,4,13-18,23H2,1-2H3,(H,38,43). The molecule has 45 heavy (non-hydrogen) atoms. The molecule has 3 N–H and O–H groups in total. The van der Waals surface area contributed by atoms with Gasteiger partial charge in [0.1, 0.15) is 0 Å². The van der Waals surface area contributed by atoms with Crippen LogP contribution in [0.1, 0.15) is 27.9 Å². The average Bonchev–Trinajstić information content (AvgIpc) is 3.50. The van der Waals surface area contributed by atoms with Crippen LogP contribution in [0.2, 0.25) is 5.02 Å². The molecule has 1 aromatic heterocycles. The highest BCUT2D eigenvalue weighted by Crippen LogP contribution is 2.41. The number of nitrogens with one attached hydrogen (secondary N) is 2. The van der Waals surface area contributed by atoms with Crippen molar-refractivity contribution in [3.63, 3.8) is 0 Å². The molecule has 0 saturated carbocycles. The molecule has 2 aliphatic rings.